The van der Waals surface area contributed by atoms with E-state index in [2.05, 4.69) is 10.0 Å². The van der Waals surface area contributed by atoms with Crippen LogP contribution < -0.4 is 14.3 Å². The maximum atomic E-state index is 13.6. The molecule has 1 atom stereocenters. The average molecular weight is 582 g/mol. The summed E-state index contributed by atoms with van der Waals surface area (Å²) in [5.74, 6) is -0.587. The van der Waals surface area contributed by atoms with E-state index in [0.717, 1.165) is 5.56 Å². The number of halogens is 1. The van der Waals surface area contributed by atoms with E-state index < -0.39 is 26.0 Å². The van der Waals surface area contributed by atoms with Crippen LogP contribution in [0.2, 0.25) is 5.02 Å². The van der Waals surface area contributed by atoms with Gasteiger partial charge in [-0.05, 0) is 73.5 Å². The van der Waals surface area contributed by atoms with Gasteiger partial charge in [0.05, 0.1) is 26.2 Å². The number of rotatable bonds is 7. The molecule has 0 saturated carbocycles. The van der Waals surface area contributed by atoms with E-state index in [1.165, 1.54) is 58.9 Å². The topological polar surface area (TPSA) is 113 Å². The molecule has 0 aliphatic carbocycles. The first-order chi connectivity index (χ1) is 18.6. The summed E-state index contributed by atoms with van der Waals surface area (Å²) in [5.41, 5.74) is 2.13. The normalized spacial score (nSPS) is 15.0. The summed E-state index contributed by atoms with van der Waals surface area (Å²) in [7, 11) is -7.93. The summed E-state index contributed by atoms with van der Waals surface area (Å²) in [6.07, 6.45) is 0.597. The van der Waals surface area contributed by atoms with Crippen molar-refractivity contribution in [3.63, 3.8) is 0 Å². The highest BCUT2D eigenvalue weighted by Gasteiger charge is 2.36. The molecule has 1 unspecified atom stereocenters. The second-order valence-corrected chi connectivity index (χ2v) is 13.0. The lowest BCUT2D eigenvalue weighted by Crippen LogP contribution is -2.35. The minimum atomic E-state index is -3.99. The highest BCUT2D eigenvalue weighted by molar-refractivity contribution is 7.93. The molecule has 0 saturated heterocycles. The Hall–Kier alpha value is -3.86. The van der Waals surface area contributed by atoms with Crippen molar-refractivity contribution >= 4 is 54.6 Å². The molecule has 0 bridgehead atoms. The van der Waals surface area contributed by atoms with Gasteiger partial charge in [0.1, 0.15) is 0 Å². The number of benzene rings is 4. The second-order valence-electron chi connectivity index (χ2n) is 9.08. The van der Waals surface area contributed by atoms with Crippen LogP contribution in [0.3, 0.4) is 0 Å². The summed E-state index contributed by atoms with van der Waals surface area (Å²) >= 11 is 6.08. The molecule has 200 valence electrons. The third kappa shape index (κ3) is 5.36. The highest BCUT2D eigenvalue weighted by Crippen LogP contribution is 2.36. The first-order valence-corrected chi connectivity index (χ1v) is 15.3. The van der Waals surface area contributed by atoms with E-state index in [1.807, 2.05) is 19.1 Å². The number of hydrogen-bond acceptors (Lipinski definition) is 5. The van der Waals surface area contributed by atoms with Gasteiger partial charge >= 0.3 is 0 Å². The molecule has 2 N–H and O–H groups in total. The first kappa shape index (κ1) is 26.7. The molecule has 0 spiro atoms. The van der Waals surface area contributed by atoms with E-state index in [1.54, 1.807) is 30.3 Å². The van der Waals surface area contributed by atoms with E-state index in [4.69, 9.17) is 11.6 Å². The number of carbonyl (C=O) groups is 1. The van der Waals surface area contributed by atoms with Crippen molar-refractivity contribution in [2.24, 2.45) is 0 Å². The van der Waals surface area contributed by atoms with Crippen molar-refractivity contribution in [3.8, 4) is 0 Å². The maximum absolute atomic E-state index is 13.6. The van der Waals surface area contributed by atoms with Crippen molar-refractivity contribution in [1.82, 2.24) is 0 Å². The molecule has 1 amide bonds. The quantitative estimate of drug-likeness (QED) is 0.298. The van der Waals surface area contributed by atoms with Gasteiger partial charge in [-0.25, -0.2) is 16.8 Å². The molecule has 4 aromatic rings. The van der Waals surface area contributed by atoms with E-state index in [0.29, 0.717) is 12.1 Å². The lowest BCUT2D eigenvalue weighted by Gasteiger charge is -2.24. The Labute approximate surface area is 232 Å². The summed E-state index contributed by atoms with van der Waals surface area (Å²) < 4.78 is 56.8. The van der Waals surface area contributed by atoms with E-state index >= 15 is 0 Å². The van der Waals surface area contributed by atoms with E-state index in [9.17, 15) is 21.6 Å². The van der Waals surface area contributed by atoms with Gasteiger partial charge in [0, 0.05) is 17.3 Å². The Morgan fingerprint density at radius 3 is 2.33 bits per heavy atom. The van der Waals surface area contributed by atoms with Crippen LogP contribution in [0, 0.1) is 0 Å². The number of anilines is 3. The summed E-state index contributed by atoms with van der Waals surface area (Å²) in [6.45, 7) is 1.84. The maximum Gasteiger partial charge on any atom is 0.264 e. The number of nitrogens with one attached hydrogen (secondary N) is 2. The van der Waals surface area contributed by atoms with Gasteiger partial charge in [-0.1, -0.05) is 54.1 Å². The average Bonchev–Trinajstić information content (AvgIpc) is 3.26. The SMILES string of the molecule is CC1Cc2ccccc2N1S(=O)(=O)c1cccc(C(=O)Nc2cccc(S(=O)(=O)Nc3ccccc3Cl)c2)c1. The predicted molar refractivity (Wildman–Crippen MR) is 152 cm³/mol. The molecule has 11 heteroatoms. The third-order valence-electron chi connectivity index (χ3n) is 6.32. The van der Waals surface area contributed by atoms with Gasteiger partial charge in [-0.2, -0.15) is 0 Å². The highest BCUT2D eigenvalue weighted by atomic mass is 35.5. The largest absolute Gasteiger partial charge is 0.322 e. The fourth-order valence-electron chi connectivity index (χ4n) is 4.51. The Bertz CT molecular complexity index is 1790. The molecule has 4 aromatic carbocycles. The minimum absolute atomic E-state index is 0.0148. The smallest absolute Gasteiger partial charge is 0.264 e. The van der Waals surface area contributed by atoms with Gasteiger partial charge in [-0.3, -0.25) is 13.8 Å². The van der Waals surface area contributed by atoms with Crippen LogP contribution >= 0.6 is 11.6 Å². The van der Waals surface area contributed by atoms with Gasteiger partial charge in [0.25, 0.3) is 26.0 Å². The molecule has 1 aliphatic heterocycles. The molecule has 1 heterocycles. The van der Waals surface area contributed by atoms with Crippen LogP contribution in [0.4, 0.5) is 17.1 Å². The Kier molecular flexibility index (Phi) is 7.11. The summed E-state index contributed by atoms with van der Waals surface area (Å²) in [4.78, 5) is 13.0. The van der Waals surface area contributed by atoms with Crippen LogP contribution in [0.1, 0.15) is 22.8 Å². The monoisotopic (exact) mass is 581 g/mol. The van der Waals surface area contributed by atoms with Gasteiger partial charge < -0.3 is 5.32 Å². The zero-order valence-corrected chi connectivity index (χ0v) is 23.1. The number of nitrogens with zero attached hydrogens (tertiary/aromatic N) is 1. The van der Waals surface area contributed by atoms with Gasteiger partial charge in [0.2, 0.25) is 0 Å². The van der Waals surface area contributed by atoms with Crippen LogP contribution in [-0.2, 0) is 26.5 Å². The molecule has 8 nitrogen and oxygen atoms in total. The fraction of sp³-hybridized carbons (Fsp3) is 0.107. The summed E-state index contributed by atoms with van der Waals surface area (Å²) in [6, 6.07) is 25.0. The van der Waals surface area contributed by atoms with Gasteiger partial charge in [0.15, 0.2) is 0 Å². The summed E-state index contributed by atoms with van der Waals surface area (Å²) in [5, 5.41) is 2.90. The zero-order chi connectivity index (χ0) is 27.8. The van der Waals surface area contributed by atoms with Crippen LogP contribution in [-0.4, -0.2) is 28.8 Å². The molecule has 5 rings (SSSR count). The molecule has 39 heavy (non-hydrogen) atoms. The zero-order valence-electron chi connectivity index (χ0n) is 20.7. The minimum Gasteiger partial charge on any atom is -0.322 e. The molecular formula is C28H24ClN3O5S2. The predicted octanol–water partition coefficient (Wildman–Crippen LogP) is 5.53. The number of carbonyl (C=O) groups excluding carboxylic acids is 1. The number of amides is 1. The first-order valence-electron chi connectivity index (χ1n) is 12.0. The molecular weight excluding hydrogens is 558 g/mol. The Morgan fingerprint density at radius 2 is 1.54 bits per heavy atom. The van der Waals surface area contributed by atoms with E-state index in [-0.39, 0.29) is 37.8 Å². The van der Waals surface area contributed by atoms with Crippen LogP contribution in [0.5, 0.6) is 0 Å². The standard InChI is InChI=1S/C28H24ClN3O5S2/c1-19-16-20-8-2-5-15-27(20)32(19)39(36,37)24-12-6-9-21(17-24)28(33)30-22-10-7-11-23(18-22)38(34,35)31-26-14-4-3-13-25(26)29/h2-15,17-19,31H,16H2,1H3,(H,30,33). The number of sulfonamides is 2. The van der Waals surface area contributed by atoms with Crippen LogP contribution in [0.15, 0.2) is 107 Å². The lowest BCUT2D eigenvalue weighted by atomic mass is 10.1. The molecule has 0 aromatic heterocycles. The Morgan fingerprint density at radius 1 is 0.846 bits per heavy atom. The molecule has 0 fully saturated rings. The van der Waals surface area contributed by atoms with Crippen LogP contribution in [0.25, 0.3) is 0 Å². The number of para-hydroxylation sites is 2. The van der Waals surface area contributed by atoms with Crippen molar-refractivity contribution < 1.29 is 21.6 Å². The number of hydrogen-bond donors (Lipinski definition) is 2. The van der Waals surface area contributed by atoms with Gasteiger partial charge in [-0.15, -0.1) is 0 Å². The van der Waals surface area contributed by atoms with Crippen molar-refractivity contribution in [1.29, 1.82) is 0 Å². The second kappa shape index (κ2) is 10.4. The Balaban J connectivity index is 1.38. The van der Waals surface area contributed by atoms with Crippen molar-refractivity contribution in [3.05, 3.63) is 113 Å². The number of fused-ring (bicyclic) bond motifs is 1. The van der Waals surface area contributed by atoms with Crippen molar-refractivity contribution in [2.45, 2.75) is 29.2 Å². The molecule has 1 aliphatic rings. The lowest BCUT2D eigenvalue weighted by molar-refractivity contribution is 0.102. The third-order valence-corrected chi connectivity index (χ3v) is 9.94. The van der Waals surface area contributed by atoms with Crippen molar-refractivity contribution in [2.75, 3.05) is 14.3 Å². The fourth-order valence-corrected chi connectivity index (χ4v) is 7.61. The molecule has 0 radical (unpaired) electrons.